The number of rotatable bonds is 4. The SMILES string of the molecule is Cc1nc(N)nc(-n2c(Nc3cc(-c4cccs4)[nH]n3)nc3ccccc32)n1. The van der Waals surface area contributed by atoms with Crippen molar-refractivity contribution in [3.63, 3.8) is 0 Å². The molecule has 0 saturated heterocycles. The molecule has 0 atom stereocenters. The molecule has 0 unspecified atom stereocenters. The molecule has 138 valence electrons. The van der Waals surface area contributed by atoms with Gasteiger partial charge in [0.1, 0.15) is 5.82 Å². The third-order valence-electron chi connectivity index (χ3n) is 4.12. The van der Waals surface area contributed by atoms with Crippen molar-refractivity contribution in [1.29, 1.82) is 0 Å². The maximum Gasteiger partial charge on any atom is 0.242 e. The Morgan fingerprint density at radius 1 is 1.07 bits per heavy atom. The maximum absolute atomic E-state index is 5.84. The third kappa shape index (κ3) is 2.85. The number of imidazole rings is 1. The standard InChI is InChI=1S/C18H15N9S/c1-10-20-16(19)24-17(21-10)27-13-6-3-2-5-11(13)22-18(27)23-15-9-12(25-26-15)14-7-4-8-28-14/h2-9H,1H3,(H2,19,20,21,24)(H2,22,23,25,26). The second kappa shape index (κ2) is 6.43. The number of nitrogens with one attached hydrogen (secondary N) is 2. The molecule has 0 bridgehead atoms. The van der Waals surface area contributed by atoms with Gasteiger partial charge in [-0.25, -0.2) is 9.55 Å². The first-order chi connectivity index (χ1) is 13.7. The van der Waals surface area contributed by atoms with E-state index in [4.69, 9.17) is 5.73 Å². The molecule has 0 saturated carbocycles. The summed E-state index contributed by atoms with van der Waals surface area (Å²) in [7, 11) is 0. The number of benzene rings is 1. The van der Waals surface area contributed by atoms with E-state index >= 15 is 0 Å². The minimum atomic E-state index is 0.158. The van der Waals surface area contributed by atoms with Crippen LogP contribution in [0.3, 0.4) is 0 Å². The van der Waals surface area contributed by atoms with Crippen LogP contribution < -0.4 is 11.1 Å². The van der Waals surface area contributed by atoms with Gasteiger partial charge in [-0.15, -0.1) is 11.3 Å². The lowest BCUT2D eigenvalue weighted by Gasteiger charge is -2.08. The smallest absolute Gasteiger partial charge is 0.242 e. The number of aromatic amines is 1. The van der Waals surface area contributed by atoms with Crippen LogP contribution in [0, 0.1) is 6.92 Å². The zero-order valence-electron chi connectivity index (χ0n) is 14.8. The van der Waals surface area contributed by atoms with Crippen molar-refractivity contribution in [2.45, 2.75) is 6.92 Å². The summed E-state index contributed by atoms with van der Waals surface area (Å²) in [6, 6.07) is 13.7. The van der Waals surface area contributed by atoms with E-state index in [0.717, 1.165) is 21.6 Å². The molecule has 4 aromatic heterocycles. The fourth-order valence-corrected chi connectivity index (χ4v) is 3.65. The van der Waals surface area contributed by atoms with Gasteiger partial charge in [-0.1, -0.05) is 18.2 Å². The van der Waals surface area contributed by atoms with E-state index in [9.17, 15) is 0 Å². The van der Waals surface area contributed by atoms with Gasteiger partial charge < -0.3 is 11.1 Å². The Hall–Kier alpha value is -3.79. The molecule has 1 aromatic carbocycles. The highest BCUT2D eigenvalue weighted by Crippen LogP contribution is 2.28. The maximum atomic E-state index is 5.84. The number of aryl methyl sites for hydroxylation is 1. The summed E-state index contributed by atoms with van der Waals surface area (Å²) in [6.45, 7) is 1.77. The van der Waals surface area contributed by atoms with Gasteiger partial charge in [-0.3, -0.25) is 5.10 Å². The van der Waals surface area contributed by atoms with E-state index < -0.39 is 0 Å². The van der Waals surface area contributed by atoms with E-state index in [-0.39, 0.29) is 5.95 Å². The van der Waals surface area contributed by atoms with Crippen molar-refractivity contribution in [3.8, 4) is 16.5 Å². The average molecular weight is 389 g/mol. The first-order valence-corrected chi connectivity index (χ1v) is 9.38. The lowest BCUT2D eigenvalue weighted by atomic mass is 10.3. The van der Waals surface area contributed by atoms with Gasteiger partial charge >= 0.3 is 0 Å². The number of H-pyrrole nitrogens is 1. The Bertz CT molecular complexity index is 1250. The molecule has 0 amide bonds. The molecule has 10 heteroatoms. The van der Waals surface area contributed by atoms with Gasteiger partial charge in [0.05, 0.1) is 21.6 Å². The van der Waals surface area contributed by atoms with Crippen molar-refractivity contribution in [3.05, 3.63) is 53.7 Å². The van der Waals surface area contributed by atoms with E-state index in [1.807, 2.05) is 47.8 Å². The Labute approximate surface area is 163 Å². The monoisotopic (exact) mass is 389 g/mol. The number of nitrogens with two attached hydrogens (primary N) is 1. The van der Waals surface area contributed by atoms with Crippen LogP contribution in [0.1, 0.15) is 5.82 Å². The van der Waals surface area contributed by atoms with Crippen LogP contribution in [0.5, 0.6) is 0 Å². The van der Waals surface area contributed by atoms with Crippen molar-refractivity contribution in [1.82, 2.24) is 34.7 Å². The fraction of sp³-hybridized carbons (Fsp3) is 0.0556. The molecule has 0 aliphatic rings. The Kier molecular flexibility index (Phi) is 3.76. The molecule has 4 N–H and O–H groups in total. The summed E-state index contributed by atoms with van der Waals surface area (Å²) in [5.74, 6) is 2.27. The summed E-state index contributed by atoms with van der Waals surface area (Å²) in [5, 5.41) is 12.7. The normalized spacial score (nSPS) is 11.2. The number of hydrogen-bond acceptors (Lipinski definition) is 8. The summed E-state index contributed by atoms with van der Waals surface area (Å²) >= 11 is 1.64. The average Bonchev–Trinajstić information content (AvgIpc) is 3.40. The molecule has 0 spiro atoms. The summed E-state index contributed by atoms with van der Waals surface area (Å²) < 4.78 is 1.81. The molecule has 28 heavy (non-hydrogen) atoms. The Balaban J connectivity index is 1.61. The number of aromatic nitrogens is 7. The highest BCUT2D eigenvalue weighted by molar-refractivity contribution is 7.13. The van der Waals surface area contributed by atoms with E-state index in [0.29, 0.717) is 23.5 Å². The first kappa shape index (κ1) is 16.4. The molecule has 9 nitrogen and oxygen atoms in total. The number of thiophene rings is 1. The van der Waals surface area contributed by atoms with Crippen LogP contribution in [-0.4, -0.2) is 34.7 Å². The number of para-hydroxylation sites is 2. The summed E-state index contributed by atoms with van der Waals surface area (Å²) in [6.07, 6.45) is 0. The van der Waals surface area contributed by atoms with Gasteiger partial charge in [0, 0.05) is 6.07 Å². The second-order valence-corrected chi connectivity index (χ2v) is 7.02. The van der Waals surface area contributed by atoms with Crippen molar-refractivity contribution in [2.24, 2.45) is 0 Å². The number of nitrogens with zero attached hydrogens (tertiary/aromatic N) is 6. The van der Waals surface area contributed by atoms with Gasteiger partial charge in [0.15, 0.2) is 5.82 Å². The highest BCUT2D eigenvalue weighted by Gasteiger charge is 2.17. The van der Waals surface area contributed by atoms with E-state index in [1.165, 1.54) is 0 Å². The first-order valence-electron chi connectivity index (χ1n) is 8.50. The number of anilines is 3. The van der Waals surface area contributed by atoms with Crippen molar-refractivity contribution in [2.75, 3.05) is 11.1 Å². The van der Waals surface area contributed by atoms with Gasteiger partial charge in [-0.05, 0) is 30.5 Å². The quantitative estimate of drug-likeness (QED) is 0.431. The molecule has 5 rings (SSSR count). The third-order valence-corrected chi connectivity index (χ3v) is 5.02. The molecule has 0 aliphatic heterocycles. The largest absolute Gasteiger partial charge is 0.368 e. The number of nitrogen functional groups attached to an aromatic ring is 1. The highest BCUT2D eigenvalue weighted by atomic mass is 32.1. The van der Waals surface area contributed by atoms with Gasteiger partial charge in [-0.2, -0.15) is 20.1 Å². The summed E-state index contributed by atoms with van der Waals surface area (Å²) in [5.41, 5.74) is 8.42. The van der Waals surface area contributed by atoms with Crippen LogP contribution in [-0.2, 0) is 0 Å². The van der Waals surface area contributed by atoms with Crippen LogP contribution in [0.4, 0.5) is 17.7 Å². The molecular weight excluding hydrogens is 374 g/mol. The van der Waals surface area contributed by atoms with E-state index in [1.54, 1.807) is 22.8 Å². The molecular formula is C18H15N9S. The number of hydrogen-bond donors (Lipinski definition) is 3. The minimum Gasteiger partial charge on any atom is -0.368 e. The number of fused-ring (bicyclic) bond motifs is 1. The molecule has 4 heterocycles. The van der Waals surface area contributed by atoms with Crippen LogP contribution in [0.2, 0.25) is 0 Å². The Morgan fingerprint density at radius 3 is 2.79 bits per heavy atom. The zero-order chi connectivity index (χ0) is 19.1. The zero-order valence-corrected chi connectivity index (χ0v) is 15.6. The molecule has 0 fully saturated rings. The summed E-state index contributed by atoms with van der Waals surface area (Å²) in [4.78, 5) is 18.6. The molecule has 5 aromatic rings. The molecule has 0 radical (unpaired) electrons. The predicted molar refractivity (Wildman–Crippen MR) is 109 cm³/mol. The van der Waals surface area contributed by atoms with E-state index in [2.05, 4.69) is 35.5 Å². The lowest BCUT2D eigenvalue weighted by Crippen LogP contribution is -2.10. The van der Waals surface area contributed by atoms with Crippen LogP contribution >= 0.6 is 11.3 Å². The Morgan fingerprint density at radius 2 is 1.96 bits per heavy atom. The second-order valence-electron chi connectivity index (χ2n) is 6.07. The van der Waals surface area contributed by atoms with Crippen molar-refractivity contribution < 1.29 is 0 Å². The molecule has 0 aliphatic carbocycles. The predicted octanol–water partition coefficient (Wildman–Crippen LogP) is 3.30. The van der Waals surface area contributed by atoms with Crippen LogP contribution in [0.15, 0.2) is 47.8 Å². The van der Waals surface area contributed by atoms with Gasteiger partial charge in [0.2, 0.25) is 17.8 Å². The topological polar surface area (TPSA) is 123 Å². The van der Waals surface area contributed by atoms with Crippen LogP contribution in [0.25, 0.3) is 27.6 Å². The fourth-order valence-electron chi connectivity index (χ4n) is 2.96. The minimum absolute atomic E-state index is 0.158. The lowest BCUT2D eigenvalue weighted by molar-refractivity contribution is 0.893. The van der Waals surface area contributed by atoms with Crippen molar-refractivity contribution >= 4 is 40.1 Å². The van der Waals surface area contributed by atoms with Gasteiger partial charge in [0.25, 0.3) is 0 Å².